The third kappa shape index (κ3) is 40.1. The third-order valence-corrected chi connectivity index (χ3v) is 9.02. The van der Waals surface area contributed by atoms with E-state index in [2.05, 4.69) is 81.5 Å². The van der Waals surface area contributed by atoms with Crippen molar-refractivity contribution >= 4 is 17.9 Å². The van der Waals surface area contributed by atoms with Gasteiger partial charge in [-0.3, -0.25) is 14.4 Å². The maximum Gasteiger partial charge on any atom is 0.306 e. The largest absolute Gasteiger partial charge is 0.462 e. The van der Waals surface area contributed by atoms with Crippen molar-refractivity contribution in [3.63, 3.8) is 0 Å². The second-order valence-electron chi connectivity index (χ2n) is 14.2. The average Bonchev–Trinajstić information content (AvgIpc) is 3.15. The zero-order chi connectivity index (χ0) is 38.7. The standard InChI is InChI=1S/C47H80O6/c1-4-7-10-13-16-19-22-23-24-26-28-31-34-37-40-46(49)52-43-44(42-51-45(48)39-36-33-30-27-21-18-15-12-9-6-3)53-47(50)41-38-35-32-29-25-20-17-14-11-8-5-2/h7-8,10-11,16-17,19-20,29,32,44H,4-6,9,12-15,18,21-28,30-31,33-43H2,1-3H3/b10-7-,11-8-,19-16-,20-17-,32-29-. The van der Waals surface area contributed by atoms with Crippen LogP contribution in [0.1, 0.15) is 201 Å². The van der Waals surface area contributed by atoms with Crippen molar-refractivity contribution < 1.29 is 28.6 Å². The van der Waals surface area contributed by atoms with Gasteiger partial charge in [0.25, 0.3) is 0 Å². The van der Waals surface area contributed by atoms with E-state index in [9.17, 15) is 14.4 Å². The fourth-order valence-electron chi connectivity index (χ4n) is 5.80. The fourth-order valence-corrected chi connectivity index (χ4v) is 5.80. The fraction of sp³-hybridized carbons (Fsp3) is 0.723. The first-order chi connectivity index (χ1) is 26.0. The van der Waals surface area contributed by atoms with Crippen LogP contribution in [0.2, 0.25) is 0 Å². The van der Waals surface area contributed by atoms with Crippen LogP contribution < -0.4 is 0 Å². The van der Waals surface area contributed by atoms with E-state index in [4.69, 9.17) is 14.2 Å². The lowest BCUT2D eigenvalue weighted by Gasteiger charge is -2.18. The molecule has 6 heteroatoms. The summed E-state index contributed by atoms with van der Waals surface area (Å²) in [6.07, 6.45) is 49.3. The summed E-state index contributed by atoms with van der Waals surface area (Å²) in [4.78, 5) is 37.6. The summed E-state index contributed by atoms with van der Waals surface area (Å²) in [5.41, 5.74) is 0. The second kappa shape index (κ2) is 41.9. The summed E-state index contributed by atoms with van der Waals surface area (Å²) in [6, 6.07) is 0. The smallest absolute Gasteiger partial charge is 0.306 e. The van der Waals surface area contributed by atoms with Crippen molar-refractivity contribution in [2.75, 3.05) is 13.2 Å². The van der Waals surface area contributed by atoms with Gasteiger partial charge in [-0.25, -0.2) is 0 Å². The van der Waals surface area contributed by atoms with Crippen molar-refractivity contribution in [3.8, 4) is 0 Å². The molecule has 0 spiro atoms. The second-order valence-corrected chi connectivity index (χ2v) is 14.2. The first kappa shape index (κ1) is 50.1. The van der Waals surface area contributed by atoms with E-state index >= 15 is 0 Å². The Morgan fingerprint density at radius 3 is 1.21 bits per heavy atom. The SMILES string of the molecule is CC/C=C\C/C=C\C/C=C\CCCC(=O)OC(COC(=O)CCCCCCCCC/C=C\C/C=C\CC)COC(=O)CCCCCCCCCCCC. The molecule has 0 saturated carbocycles. The Kier molecular flexibility index (Phi) is 39.6. The number of ether oxygens (including phenoxy) is 3. The highest BCUT2D eigenvalue weighted by Gasteiger charge is 2.19. The van der Waals surface area contributed by atoms with Gasteiger partial charge >= 0.3 is 17.9 Å². The van der Waals surface area contributed by atoms with Crippen LogP contribution in [-0.2, 0) is 28.6 Å². The molecule has 0 aromatic heterocycles. The van der Waals surface area contributed by atoms with E-state index in [0.29, 0.717) is 19.3 Å². The van der Waals surface area contributed by atoms with E-state index in [1.807, 2.05) is 0 Å². The highest BCUT2D eigenvalue weighted by molar-refractivity contribution is 5.71. The van der Waals surface area contributed by atoms with E-state index in [1.54, 1.807) is 0 Å². The number of carbonyl (C=O) groups is 3. The normalized spacial score (nSPS) is 12.6. The number of allylic oxidation sites excluding steroid dienone is 10. The lowest BCUT2D eigenvalue weighted by molar-refractivity contribution is -0.167. The molecular weight excluding hydrogens is 661 g/mol. The van der Waals surface area contributed by atoms with Crippen molar-refractivity contribution in [2.24, 2.45) is 0 Å². The van der Waals surface area contributed by atoms with Crippen LogP contribution in [0.25, 0.3) is 0 Å². The van der Waals surface area contributed by atoms with Gasteiger partial charge < -0.3 is 14.2 Å². The van der Waals surface area contributed by atoms with Gasteiger partial charge in [0, 0.05) is 19.3 Å². The van der Waals surface area contributed by atoms with Crippen LogP contribution in [0.4, 0.5) is 0 Å². The minimum Gasteiger partial charge on any atom is -0.462 e. The molecule has 1 atom stereocenters. The Hall–Kier alpha value is -2.89. The van der Waals surface area contributed by atoms with Crippen molar-refractivity contribution in [1.82, 2.24) is 0 Å². The monoisotopic (exact) mass is 741 g/mol. The van der Waals surface area contributed by atoms with Gasteiger partial charge in [0.15, 0.2) is 6.10 Å². The van der Waals surface area contributed by atoms with Gasteiger partial charge in [0.1, 0.15) is 13.2 Å². The summed E-state index contributed by atoms with van der Waals surface area (Å²) in [5.74, 6) is -0.967. The summed E-state index contributed by atoms with van der Waals surface area (Å²) in [6.45, 7) is 6.33. The minimum atomic E-state index is -0.798. The Bertz CT molecular complexity index is 991. The van der Waals surface area contributed by atoms with Crippen molar-refractivity contribution in [2.45, 2.75) is 207 Å². The minimum absolute atomic E-state index is 0.0962. The van der Waals surface area contributed by atoms with Gasteiger partial charge in [-0.15, -0.1) is 0 Å². The Morgan fingerprint density at radius 2 is 0.755 bits per heavy atom. The molecule has 0 bridgehead atoms. The summed E-state index contributed by atoms with van der Waals surface area (Å²) in [7, 11) is 0. The molecule has 6 nitrogen and oxygen atoms in total. The van der Waals surface area contributed by atoms with Crippen molar-refractivity contribution in [1.29, 1.82) is 0 Å². The van der Waals surface area contributed by atoms with Crippen LogP contribution in [0.5, 0.6) is 0 Å². The summed E-state index contributed by atoms with van der Waals surface area (Å²) >= 11 is 0. The maximum atomic E-state index is 12.6. The number of carbonyl (C=O) groups excluding carboxylic acids is 3. The molecule has 0 heterocycles. The molecule has 0 aliphatic heterocycles. The number of hydrogen-bond acceptors (Lipinski definition) is 6. The third-order valence-electron chi connectivity index (χ3n) is 9.02. The molecule has 1 unspecified atom stereocenters. The topological polar surface area (TPSA) is 78.9 Å². The Labute approximate surface area is 326 Å². The molecule has 0 saturated heterocycles. The molecule has 0 aromatic carbocycles. The molecule has 0 fully saturated rings. The summed E-state index contributed by atoms with van der Waals surface area (Å²) < 4.78 is 16.6. The first-order valence-corrected chi connectivity index (χ1v) is 21.8. The number of esters is 3. The van der Waals surface area contributed by atoms with Gasteiger partial charge in [-0.05, 0) is 70.6 Å². The Morgan fingerprint density at radius 1 is 0.396 bits per heavy atom. The van der Waals surface area contributed by atoms with Crippen molar-refractivity contribution in [3.05, 3.63) is 60.8 Å². The number of rotatable bonds is 38. The molecule has 0 radical (unpaired) electrons. The number of unbranched alkanes of at least 4 members (excludes halogenated alkanes) is 17. The van der Waals surface area contributed by atoms with Gasteiger partial charge in [-0.1, -0.05) is 171 Å². The van der Waals surface area contributed by atoms with Gasteiger partial charge in [0.2, 0.25) is 0 Å². The zero-order valence-corrected chi connectivity index (χ0v) is 34.5. The van der Waals surface area contributed by atoms with E-state index in [1.165, 1.54) is 70.6 Å². The molecule has 304 valence electrons. The molecule has 0 N–H and O–H groups in total. The molecule has 0 aliphatic rings. The maximum absolute atomic E-state index is 12.6. The van der Waals surface area contributed by atoms with Crippen LogP contribution in [-0.4, -0.2) is 37.2 Å². The molecule has 0 aliphatic carbocycles. The highest BCUT2D eigenvalue weighted by Crippen LogP contribution is 2.13. The number of hydrogen-bond donors (Lipinski definition) is 0. The van der Waals surface area contributed by atoms with E-state index in [0.717, 1.165) is 83.5 Å². The Balaban J connectivity index is 4.43. The molecule has 0 aromatic rings. The average molecular weight is 741 g/mol. The lowest BCUT2D eigenvalue weighted by Crippen LogP contribution is -2.30. The summed E-state index contributed by atoms with van der Waals surface area (Å²) in [5, 5.41) is 0. The zero-order valence-electron chi connectivity index (χ0n) is 34.5. The van der Waals surface area contributed by atoms with Crippen LogP contribution in [0.3, 0.4) is 0 Å². The molecule has 53 heavy (non-hydrogen) atoms. The predicted molar refractivity (Wildman–Crippen MR) is 224 cm³/mol. The van der Waals surface area contributed by atoms with Crippen LogP contribution in [0, 0.1) is 0 Å². The molecule has 0 rings (SSSR count). The van der Waals surface area contributed by atoms with Crippen LogP contribution >= 0.6 is 0 Å². The molecular formula is C47H80O6. The first-order valence-electron chi connectivity index (χ1n) is 21.8. The predicted octanol–water partition coefficient (Wildman–Crippen LogP) is 13.7. The quantitative estimate of drug-likeness (QED) is 0.0271. The van der Waals surface area contributed by atoms with E-state index < -0.39 is 6.10 Å². The van der Waals surface area contributed by atoms with Gasteiger partial charge in [-0.2, -0.15) is 0 Å². The van der Waals surface area contributed by atoms with Crippen LogP contribution in [0.15, 0.2) is 60.8 Å². The lowest BCUT2D eigenvalue weighted by atomic mass is 10.1. The molecule has 0 amide bonds. The highest BCUT2D eigenvalue weighted by atomic mass is 16.6. The van der Waals surface area contributed by atoms with Gasteiger partial charge in [0.05, 0.1) is 0 Å². The van der Waals surface area contributed by atoms with E-state index in [-0.39, 0.29) is 37.5 Å².